The lowest BCUT2D eigenvalue weighted by molar-refractivity contribution is 0.465. The van der Waals surface area contributed by atoms with Crippen molar-refractivity contribution in [2.45, 2.75) is 12.8 Å². The van der Waals surface area contributed by atoms with Crippen LogP contribution in [0, 0.1) is 0 Å². The van der Waals surface area contributed by atoms with Gasteiger partial charge >= 0.3 is 0 Å². The SMILES string of the molecule is Oc1ccccc1CCc1ccccc1Oc1ccccc1. The van der Waals surface area contributed by atoms with Crippen LogP contribution in [0.2, 0.25) is 0 Å². The summed E-state index contributed by atoms with van der Waals surface area (Å²) in [5.41, 5.74) is 2.09. The Morgan fingerprint density at radius 1 is 0.636 bits per heavy atom. The minimum atomic E-state index is 0.351. The quantitative estimate of drug-likeness (QED) is 0.719. The molecule has 3 rings (SSSR count). The maximum atomic E-state index is 9.86. The Balaban J connectivity index is 1.75. The van der Waals surface area contributed by atoms with E-state index in [-0.39, 0.29) is 0 Å². The number of ether oxygens (including phenoxy) is 1. The van der Waals surface area contributed by atoms with Gasteiger partial charge in [0.05, 0.1) is 0 Å². The Morgan fingerprint density at radius 2 is 1.23 bits per heavy atom. The summed E-state index contributed by atoms with van der Waals surface area (Å²) < 4.78 is 5.97. The summed E-state index contributed by atoms with van der Waals surface area (Å²) in [7, 11) is 0. The monoisotopic (exact) mass is 290 g/mol. The second-order valence-electron chi connectivity index (χ2n) is 5.15. The van der Waals surface area contributed by atoms with Gasteiger partial charge in [-0.15, -0.1) is 0 Å². The molecule has 3 aromatic rings. The third-order valence-electron chi connectivity index (χ3n) is 3.60. The number of phenols is 1. The number of aryl methyl sites for hydroxylation is 2. The van der Waals surface area contributed by atoms with E-state index in [4.69, 9.17) is 4.74 Å². The van der Waals surface area contributed by atoms with E-state index in [1.807, 2.05) is 66.7 Å². The van der Waals surface area contributed by atoms with Gasteiger partial charge in [0.15, 0.2) is 0 Å². The highest BCUT2D eigenvalue weighted by Gasteiger charge is 2.06. The standard InChI is InChI=1S/C20H18O2/c21-19-12-6-4-8-16(19)14-15-17-9-5-7-13-20(17)22-18-10-2-1-3-11-18/h1-13,21H,14-15H2. The molecule has 0 aliphatic carbocycles. The molecule has 0 atom stereocenters. The van der Waals surface area contributed by atoms with Gasteiger partial charge in [0.1, 0.15) is 17.2 Å². The van der Waals surface area contributed by atoms with Crippen LogP contribution in [0.1, 0.15) is 11.1 Å². The normalized spacial score (nSPS) is 10.4. The molecular formula is C20H18O2. The van der Waals surface area contributed by atoms with Gasteiger partial charge in [-0.2, -0.15) is 0 Å². The molecule has 0 bridgehead atoms. The molecule has 3 aromatic carbocycles. The number of hydrogen-bond acceptors (Lipinski definition) is 2. The van der Waals surface area contributed by atoms with Gasteiger partial charge in [0.2, 0.25) is 0 Å². The molecule has 0 saturated carbocycles. The molecule has 22 heavy (non-hydrogen) atoms. The fraction of sp³-hybridized carbons (Fsp3) is 0.100. The van der Waals surface area contributed by atoms with Crippen molar-refractivity contribution in [2.75, 3.05) is 0 Å². The van der Waals surface area contributed by atoms with Crippen molar-refractivity contribution < 1.29 is 9.84 Å². The fourth-order valence-corrected chi connectivity index (χ4v) is 2.42. The molecule has 0 aliphatic heterocycles. The van der Waals surface area contributed by atoms with Crippen LogP contribution >= 0.6 is 0 Å². The highest BCUT2D eigenvalue weighted by atomic mass is 16.5. The van der Waals surface area contributed by atoms with E-state index in [1.165, 1.54) is 0 Å². The maximum absolute atomic E-state index is 9.86. The minimum absolute atomic E-state index is 0.351. The van der Waals surface area contributed by atoms with E-state index < -0.39 is 0 Å². The van der Waals surface area contributed by atoms with Gasteiger partial charge < -0.3 is 9.84 Å². The van der Waals surface area contributed by atoms with E-state index in [1.54, 1.807) is 6.07 Å². The summed E-state index contributed by atoms with van der Waals surface area (Å²) in [4.78, 5) is 0. The average molecular weight is 290 g/mol. The predicted molar refractivity (Wildman–Crippen MR) is 88.5 cm³/mol. The van der Waals surface area contributed by atoms with Gasteiger partial charge in [-0.1, -0.05) is 54.6 Å². The first-order valence-electron chi connectivity index (χ1n) is 7.40. The number of benzene rings is 3. The lowest BCUT2D eigenvalue weighted by Crippen LogP contribution is -1.95. The van der Waals surface area contributed by atoms with Crippen LogP contribution in [0.25, 0.3) is 0 Å². The van der Waals surface area contributed by atoms with Crippen LogP contribution in [0.15, 0.2) is 78.9 Å². The highest BCUT2D eigenvalue weighted by Crippen LogP contribution is 2.27. The molecule has 0 fully saturated rings. The first kappa shape index (κ1) is 14.2. The molecule has 110 valence electrons. The molecule has 0 aromatic heterocycles. The zero-order chi connectivity index (χ0) is 15.2. The summed E-state index contributed by atoms with van der Waals surface area (Å²) in [6.45, 7) is 0. The van der Waals surface area contributed by atoms with Crippen LogP contribution in [-0.2, 0) is 12.8 Å². The second kappa shape index (κ2) is 6.81. The average Bonchev–Trinajstić information content (AvgIpc) is 2.56. The smallest absolute Gasteiger partial charge is 0.130 e. The number of phenolic OH excluding ortho intramolecular Hbond substituents is 1. The van der Waals surface area contributed by atoms with Crippen molar-refractivity contribution in [3.05, 3.63) is 90.0 Å². The van der Waals surface area contributed by atoms with Crippen LogP contribution in [0.4, 0.5) is 0 Å². The Kier molecular flexibility index (Phi) is 4.40. The van der Waals surface area contributed by atoms with E-state index in [0.29, 0.717) is 5.75 Å². The van der Waals surface area contributed by atoms with E-state index in [2.05, 4.69) is 6.07 Å². The Hall–Kier alpha value is -2.74. The first-order valence-corrected chi connectivity index (χ1v) is 7.40. The van der Waals surface area contributed by atoms with Crippen molar-refractivity contribution in [2.24, 2.45) is 0 Å². The summed E-state index contributed by atoms with van der Waals surface area (Å²) >= 11 is 0. The number of hydrogen-bond donors (Lipinski definition) is 1. The lowest BCUT2D eigenvalue weighted by atomic mass is 10.0. The minimum Gasteiger partial charge on any atom is -0.508 e. The van der Waals surface area contributed by atoms with E-state index in [0.717, 1.165) is 35.5 Å². The molecule has 0 saturated heterocycles. The maximum Gasteiger partial charge on any atom is 0.130 e. The van der Waals surface area contributed by atoms with Crippen molar-refractivity contribution in [3.63, 3.8) is 0 Å². The zero-order valence-electron chi connectivity index (χ0n) is 12.3. The predicted octanol–water partition coefficient (Wildman–Crippen LogP) is 4.97. The van der Waals surface area contributed by atoms with Gasteiger partial charge in [-0.05, 0) is 48.2 Å². The molecule has 1 N–H and O–H groups in total. The van der Waals surface area contributed by atoms with Gasteiger partial charge in [-0.25, -0.2) is 0 Å². The number of rotatable bonds is 5. The first-order chi connectivity index (χ1) is 10.8. The summed E-state index contributed by atoms with van der Waals surface area (Å²) in [5.74, 6) is 2.05. The summed E-state index contributed by atoms with van der Waals surface area (Å²) in [5, 5.41) is 9.86. The Morgan fingerprint density at radius 3 is 2.00 bits per heavy atom. The molecule has 0 heterocycles. The van der Waals surface area contributed by atoms with Crippen LogP contribution in [-0.4, -0.2) is 5.11 Å². The third-order valence-corrected chi connectivity index (χ3v) is 3.60. The molecule has 0 aliphatic rings. The largest absolute Gasteiger partial charge is 0.508 e. The molecule has 0 spiro atoms. The van der Waals surface area contributed by atoms with Crippen molar-refractivity contribution in [1.82, 2.24) is 0 Å². The molecule has 0 amide bonds. The van der Waals surface area contributed by atoms with E-state index >= 15 is 0 Å². The van der Waals surface area contributed by atoms with Crippen molar-refractivity contribution in [1.29, 1.82) is 0 Å². The van der Waals surface area contributed by atoms with Gasteiger partial charge in [0.25, 0.3) is 0 Å². The molecule has 2 nitrogen and oxygen atoms in total. The third kappa shape index (κ3) is 3.47. The van der Waals surface area contributed by atoms with Gasteiger partial charge in [0, 0.05) is 0 Å². The van der Waals surface area contributed by atoms with Gasteiger partial charge in [-0.3, -0.25) is 0 Å². The van der Waals surface area contributed by atoms with E-state index in [9.17, 15) is 5.11 Å². The zero-order valence-corrected chi connectivity index (χ0v) is 12.3. The highest BCUT2D eigenvalue weighted by molar-refractivity contribution is 5.39. The Bertz CT molecular complexity index is 735. The topological polar surface area (TPSA) is 29.5 Å². The summed E-state index contributed by atoms with van der Waals surface area (Å²) in [6, 6.07) is 25.3. The molecular weight excluding hydrogens is 272 g/mol. The molecule has 2 heteroatoms. The fourth-order valence-electron chi connectivity index (χ4n) is 2.42. The summed E-state index contributed by atoms with van der Waals surface area (Å²) in [6.07, 6.45) is 1.60. The second-order valence-corrected chi connectivity index (χ2v) is 5.15. The van der Waals surface area contributed by atoms with Crippen LogP contribution in [0.5, 0.6) is 17.2 Å². The van der Waals surface area contributed by atoms with Crippen molar-refractivity contribution in [3.8, 4) is 17.2 Å². The molecule has 0 unspecified atom stereocenters. The molecule has 0 radical (unpaired) electrons. The Labute approximate surface area is 130 Å². The van der Waals surface area contributed by atoms with Crippen LogP contribution < -0.4 is 4.74 Å². The van der Waals surface area contributed by atoms with Crippen molar-refractivity contribution >= 4 is 0 Å². The van der Waals surface area contributed by atoms with Crippen LogP contribution in [0.3, 0.4) is 0 Å². The lowest BCUT2D eigenvalue weighted by Gasteiger charge is -2.11. The number of para-hydroxylation sites is 3. The number of aromatic hydroxyl groups is 1.